The molecule has 6 nitrogen and oxygen atoms in total. The molecule has 0 aliphatic heterocycles. The molecule has 4 N–H and O–H groups in total. The number of nitrogens with two attached hydrogens (primary N) is 1. The molecule has 9 heteroatoms. The number of hydrogen-bond acceptors (Lipinski definition) is 6. The average Bonchev–Trinajstić information content (AvgIpc) is 2.81. The first-order valence-corrected chi connectivity index (χ1v) is 11.7. The van der Waals surface area contributed by atoms with Crippen molar-refractivity contribution in [3.05, 3.63) is 52.1 Å². The number of phenolic OH excluding ortho intramolecular Hbond substituents is 1. The Morgan fingerprint density at radius 3 is 2.52 bits per heavy atom. The van der Waals surface area contributed by atoms with Gasteiger partial charge >= 0.3 is 0 Å². The van der Waals surface area contributed by atoms with E-state index in [1.165, 1.54) is 0 Å². The lowest BCUT2D eigenvalue weighted by Gasteiger charge is -2.30. The third-order valence-electron chi connectivity index (χ3n) is 6.10. The van der Waals surface area contributed by atoms with Crippen LogP contribution in [-0.4, -0.2) is 36.1 Å². The molecule has 0 spiro atoms. The molecule has 0 saturated heterocycles. The number of aromatic hydroxyl groups is 1. The zero-order chi connectivity index (χ0) is 23.5. The number of benzene rings is 2. The van der Waals surface area contributed by atoms with Crippen molar-refractivity contribution in [3.8, 4) is 16.9 Å². The van der Waals surface area contributed by atoms with E-state index in [-0.39, 0.29) is 34.4 Å². The molecular formula is C24H25BCl2N3O3. The monoisotopic (exact) mass is 484 g/mol. The molecule has 171 valence electrons. The highest BCUT2D eigenvalue weighted by molar-refractivity contribution is 6.37. The number of pyridine rings is 1. The van der Waals surface area contributed by atoms with Gasteiger partial charge in [-0.05, 0) is 61.0 Å². The molecule has 1 saturated carbocycles. The minimum absolute atomic E-state index is 0.0496. The topological polar surface area (TPSA) is 97.5 Å². The van der Waals surface area contributed by atoms with Crippen LogP contribution in [0.3, 0.4) is 0 Å². The van der Waals surface area contributed by atoms with E-state index >= 15 is 0 Å². The number of Topliss-reactive ketones (excluding diaryl/α,β-unsaturated/α-hetero) is 1. The molecule has 1 aliphatic rings. The van der Waals surface area contributed by atoms with Crippen LogP contribution in [0, 0.1) is 0 Å². The van der Waals surface area contributed by atoms with Gasteiger partial charge in [-0.15, -0.1) is 0 Å². The average molecular weight is 485 g/mol. The molecule has 1 radical (unpaired) electrons. The first-order chi connectivity index (χ1) is 15.9. The zero-order valence-corrected chi connectivity index (χ0v) is 19.8. The SMILES string of the molecule is CC(=O)c1cnc2ccc(-c3cc(Cl)c(O)c(Cl)c3)cc2c1NC1CCC([B]OCN)CC1. The van der Waals surface area contributed by atoms with Crippen molar-refractivity contribution < 1.29 is 14.6 Å². The molecule has 1 aromatic heterocycles. The van der Waals surface area contributed by atoms with E-state index in [0.717, 1.165) is 53.4 Å². The van der Waals surface area contributed by atoms with E-state index in [2.05, 4.69) is 10.3 Å². The van der Waals surface area contributed by atoms with Crippen molar-refractivity contribution in [1.29, 1.82) is 0 Å². The van der Waals surface area contributed by atoms with Gasteiger partial charge in [0.2, 0.25) is 0 Å². The lowest BCUT2D eigenvalue weighted by atomic mass is 9.69. The number of halogens is 2. The Kier molecular flexibility index (Phi) is 7.44. The van der Waals surface area contributed by atoms with E-state index in [4.69, 9.17) is 33.6 Å². The number of hydrogen-bond donors (Lipinski definition) is 3. The molecule has 0 bridgehead atoms. The summed E-state index contributed by atoms with van der Waals surface area (Å²) in [5, 5.41) is 14.7. The summed E-state index contributed by atoms with van der Waals surface area (Å²) in [4.78, 5) is 16.9. The van der Waals surface area contributed by atoms with E-state index in [0.29, 0.717) is 11.4 Å². The summed E-state index contributed by atoms with van der Waals surface area (Å²) in [6.07, 6.45) is 5.53. The first kappa shape index (κ1) is 23.8. The molecule has 3 aromatic rings. The fraction of sp³-hybridized carbons (Fsp3) is 0.333. The van der Waals surface area contributed by atoms with Crippen LogP contribution in [-0.2, 0) is 4.65 Å². The third-order valence-corrected chi connectivity index (χ3v) is 6.68. The predicted molar refractivity (Wildman–Crippen MR) is 134 cm³/mol. The molecule has 33 heavy (non-hydrogen) atoms. The number of ketones is 1. The van der Waals surface area contributed by atoms with Crippen molar-refractivity contribution in [1.82, 2.24) is 4.98 Å². The van der Waals surface area contributed by atoms with Crippen molar-refractivity contribution in [2.45, 2.75) is 44.5 Å². The number of carbonyl (C=O) groups excluding carboxylic acids is 1. The van der Waals surface area contributed by atoms with E-state index in [1.54, 1.807) is 25.3 Å². The zero-order valence-electron chi connectivity index (χ0n) is 18.3. The number of carbonyl (C=O) groups is 1. The van der Waals surface area contributed by atoms with Gasteiger partial charge in [0.1, 0.15) is 0 Å². The maximum atomic E-state index is 12.4. The molecule has 1 fully saturated rings. The molecule has 0 unspecified atom stereocenters. The molecule has 0 amide bonds. The second-order valence-electron chi connectivity index (χ2n) is 8.35. The first-order valence-electron chi connectivity index (χ1n) is 10.9. The Morgan fingerprint density at radius 2 is 1.88 bits per heavy atom. The van der Waals surface area contributed by atoms with Gasteiger partial charge in [-0.25, -0.2) is 0 Å². The molecule has 0 atom stereocenters. The van der Waals surface area contributed by atoms with Crippen molar-refractivity contribution in [3.63, 3.8) is 0 Å². The van der Waals surface area contributed by atoms with Gasteiger partial charge in [0.05, 0.1) is 33.5 Å². The minimum Gasteiger partial charge on any atom is -0.505 e. The number of anilines is 1. The molecule has 2 aromatic carbocycles. The summed E-state index contributed by atoms with van der Waals surface area (Å²) >= 11 is 12.3. The van der Waals surface area contributed by atoms with Crippen molar-refractivity contribution in [2.75, 3.05) is 12.0 Å². The number of nitrogens with one attached hydrogen (secondary N) is 1. The Labute approximate surface area is 203 Å². The predicted octanol–water partition coefficient (Wildman–Crippen LogP) is 5.81. The minimum atomic E-state index is -0.143. The van der Waals surface area contributed by atoms with Crippen molar-refractivity contribution in [2.24, 2.45) is 5.73 Å². The van der Waals surface area contributed by atoms with Crippen LogP contribution in [0.25, 0.3) is 22.0 Å². The van der Waals surface area contributed by atoms with Gasteiger partial charge in [0.25, 0.3) is 7.48 Å². The molecule has 4 rings (SSSR count). The van der Waals surface area contributed by atoms with E-state index in [9.17, 15) is 9.90 Å². The number of phenols is 1. The number of aromatic nitrogens is 1. The van der Waals surface area contributed by atoms with Crippen LogP contribution in [0.5, 0.6) is 5.75 Å². The summed E-state index contributed by atoms with van der Waals surface area (Å²) in [6.45, 7) is 1.75. The molecular weight excluding hydrogens is 460 g/mol. The van der Waals surface area contributed by atoms with E-state index in [1.807, 2.05) is 25.7 Å². The Bertz CT molecular complexity index is 1160. The maximum absolute atomic E-state index is 12.4. The van der Waals surface area contributed by atoms with Gasteiger partial charge in [0, 0.05) is 17.6 Å². The fourth-order valence-electron chi connectivity index (χ4n) is 4.32. The Morgan fingerprint density at radius 1 is 1.18 bits per heavy atom. The van der Waals surface area contributed by atoms with Crippen LogP contribution < -0.4 is 11.1 Å². The Hall–Kier alpha value is -2.32. The normalized spacial score (nSPS) is 18.3. The summed E-state index contributed by atoms with van der Waals surface area (Å²) < 4.78 is 5.26. The summed E-state index contributed by atoms with van der Waals surface area (Å²) in [5.41, 5.74) is 9.16. The standard InChI is InChI=1S/C24H25BCl2N3O3/c1-13(31)19-11-29-22-7-2-14(15-9-20(26)24(32)21(27)10-15)8-18(22)23(19)30-17-5-3-16(4-6-17)25-33-12-28/h2,7-11,16-17,32H,3-6,12,28H2,1H3,(H,29,30). The summed E-state index contributed by atoms with van der Waals surface area (Å²) in [5.74, 6) is 0.200. The van der Waals surface area contributed by atoms with Crippen LogP contribution in [0.4, 0.5) is 5.69 Å². The second kappa shape index (κ2) is 10.3. The lowest BCUT2D eigenvalue weighted by Crippen LogP contribution is -2.28. The molecule has 1 aliphatic carbocycles. The van der Waals surface area contributed by atoms with Gasteiger partial charge in [-0.3, -0.25) is 9.78 Å². The summed E-state index contributed by atoms with van der Waals surface area (Å²) in [6, 6.07) is 9.37. The second-order valence-corrected chi connectivity index (χ2v) is 9.16. The fourth-order valence-corrected chi connectivity index (χ4v) is 4.81. The van der Waals surface area contributed by atoms with E-state index < -0.39 is 0 Å². The largest absolute Gasteiger partial charge is 0.505 e. The number of nitrogens with zero attached hydrogens (tertiary/aromatic N) is 1. The molecule has 1 heterocycles. The quantitative estimate of drug-likeness (QED) is 0.222. The lowest BCUT2D eigenvalue weighted by molar-refractivity contribution is 0.101. The van der Waals surface area contributed by atoms with Gasteiger partial charge in [-0.1, -0.05) is 42.1 Å². The van der Waals surface area contributed by atoms with Gasteiger partial charge in [0.15, 0.2) is 11.5 Å². The van der Waals surface area contributed by atoms with Crippen LogP contribution in [0.2, 0.25) is 15.9 Å². The van der Waals surface area contributed by atoms with Crippen LogP contribution in [0.1, 0.15) is 43.0 Å². The maximum Gasteiger partial charge on any atom is 0.297 e. The smallest absolute Gasteiger partial charge is 0.297 e. The highest BCUT2D eigenvalue weighted by atomic mass is 35.5. The number of rotatable bonds is 7. The third kappa shape index (κ3) is 5.27. The van der Waals surface area contributed by atoms with Crippen molar-refractivity contribution >= 4 is 53.1 Å². The Balaban J connectivity index is 1.69. The highest BCUT2D eigenvalue weighted by Gasteiger charge is 2.24. The number of fused-ring (bicyclic) bond motifs is 1. The van der Waals surface area contributed by atoms with Crippen LogP contribution >= 0.6 is 23.2 Å². The van der Waals surface area contributed by atoms with Gasteiger partial charge in [-0.2, -0.15) is 0 Å². The van der Waals surface area contributed by atoms with Crippen LogP contribution in [0.15, 0.2) is 36.5 Å². The highest BCUT2D eigenvalue weighted by Crippen LogP contribution is 2.39. The van der Waals surface area contributed by atoms with Gasteiger partial charge < -0.3 is 20.8 Å². The summed E-state index contributed by atoms with van der Waals surface area (Å²) in [7, 11) is 1.85.